The van der Waals surface area contributed by atoms with Crippen LogP contribution in [0.15, 0.2) is 0 Å². The molecule has 1 saturated heterocycles. The Bertz CT molecular complexity index is 789. The monoisotopic (exact) mass is 505 g/mol. The van der Waals surface area contributed by atoms with Crippen LogP contribution < -0.4 is 16.4 Å². The van der Waals surface area contributed by atoms with Gasteiger partial charge in [-0.25, -0.2) is 0 Å². The summed E-state index contributed by atoms with van der Waals surface area (Å²) < 4.78 is 32.1. The van der Waals surface area contributed by atoms with Crippen molar-refractivity contribution in [2.75, 3.05) is 32.8 Å². The largest absolute Gasteiger partial charge is 0.463 e. The molecule has 15 heteroatoms. The van der Waals surface area contributed by atoms with Gasteiger partial charge in [0, 0.05) is 34.2 Å². The van der Waals surface area contributed by atoms with Gasteiger partial charge < -0.3 is 44.8 Å². The lowest BCUT2D eigenvalue weighted by Gasteiger charge is -2.44. The van der Waals surface area contributed by atoms with E-state index in [1.807, 2.05) is 0 Å². The van der Waals surface area contributed by atoms with Crippen LogP contribution in [-0.4, -0.2) is 99.2 Å². The molecule has 1 rings (SSSR count). The van der Waals surface area contributed by atoms with Crippen LogP contribution in [0, 0.1) is 0 Å². The summed E-state index contributed by atoms with van der Waals surface area (Å²) >= 11 is 0. The summed E-state index contributed by atoms with van der Waals surface area (Å²) in [7, 11) is 0. The van der Waals surface area contributed by atoms with Crippen molar-refractivity contribution in [1.82, 2.24) is 10.6 Å². The van der Waals surface area contributed by atoms with E-state index in [2.05, 4.69) is 10.6 Å². The van der Waals surface area contributed by atoms with Crippen LogP contribution in [-0.2, 0) is 57.2 Å². The summed E-state index contributed by atoms with van der Waals surface area (Å²) in [5.74, 6) is -3.97. The number of hydrogen-bond acceptors (Lipinski definition) is 13. The van der Waals surface area contributed by atoms with Gasteiger partial charge in [0.25, 0.3) is 0 Å². The molecule has 5 atom stereocenters. The van der Waals surface area contributed by atoms with Crippen molar-refractivity contribution in [3.05, 3.63) is 0 Å². The lowest BCUT2D eigenvalue weighted by molar-refractivity contribution is -0.307. The first-order valence-electron chi connectivity index (χ1n) is 10.6. The van der Waals surface area contributed by atoms with Crippen LogP contribution in [0.25, 0.3) is 0 Å². The number of nitrogens with two attached hydrogens (primary N) is 1. The molecule has 1 heterocycles. The number of carbonyl (C=O) groups is 6. The third-order valence-corrected chi connectivity index (χ3v) is 4.29. The van der Waals surface area contributed by atoms with Gasteiger partial charge in [0.2, 0.25) is 11.8 Å². The Labute approximate surface area is 201 Å². The number of rotatable bonds is 12. The van der Waals surface area contributed by atoms with E-state index < -0.39 is 73.0 Å². The maximum atomic E-state index is 11.8. The number of carbonyl (C=O) groups excluding carboxylic acids is 6. The van der Waals surface area contributed by atoms with Gasteiger partial charge in [-0.05, 0) is 0 Å². The Morgan fingerprint density at radius 1 is 0.771 bits per heavy atom. The molecule has 0 unspecified atom stereocenters. The molecule has 0 radical (unpaired) electrons. The van der Waals surface area contributed by atoms with Gasteiger partial charge in [-0.15, -0.1) is 0 Å². The van der Waals surface area contributed by atoms with Gasteiger partial charge in [-0.1, -0.05) is 0 Å². The Balaban J connectivity index is 2.99. The standard InChI is InChI=1S/C20H31N3O12/c1-10(24)31-9-14-17(32-11(2)25)18(33-12(3)26)19(34-13(4)27)20(35-14)30-6-5-22-16(29)8-23-15(28)7-21/h14,17-20H,5-9,21H2,1-4H3,(H,22,29)(H,23,28)/t14-,17-,18+,19+,20+/m1/s1. The van der Waals surface area contributed by atoms with Crippen LogP contribution in [0.1, 0.15) is 27.7 Å². The van der Waals surface area contributed by atoms with Crippen LogP contribution in [0.4, 0.5) is 0 Å². The fourth-order valence-electron chi connectivity index (χ4n) is 3.00. The summed E-state index contributed by atoms with van der Waals surface area (Å²) in [6.45, 7) is 3.31. The lowest BCUT2D eigenvalue weighted by Crippen LogP contribution is -2.63. The van der Waals surface area contributed by atoms with Crippen LogP contribution in [0.2, 0.25) is 0 Å². The van der Waals surface area contributed by atoms with Crippen molar-refractivity contribution >= 4 is 35.7 Å². The maximum absolute atomic E-state index is 11.8. The molecule has 35 heavy (non-hydrogen) atoms. The SMILES string of the molecule is CC(=O)OC[C@H]1O[C@H](OCCNC(=O)CNC(=O)CN)[C@@H](OC(C)=O)[C@@H](OC(C)=O)[C@@H]1OC(C)=O. The minimum absolute atomic E-state index is 0.0375. The predicted octanol–water partition coefficient (Wildman–Crippen LogP) is -2.72. The summed E-state index contributed by atoms with van der Waals surface area (Å²) in [6.07, 6.45) is -6.53. The topological polar surface area (TPSA) is 208 Å². The second-order valence-corrected chi connectivity index (χ2v) is 7.27. The molecular formula is C20H31N3O12. The summed E-state index contributed by atoms with van der Waals surface area (Å²) in [6, 6.07) is 0. The van der Waals surface area contributed by atoms with Crippen molar-refractivity contribution in [3.8, 4) is 0 Å². The molecular weight excluding hydrogens is 474 g/mol. The highest BCUT2D eigenvalue weighted by molar-refractivity contribution is 5.85. The van der Waals surface area contributed by atoms with Crippen molar-refractivity contribution in [1.29, 1.82) is 0 Å². The second kappa shape index (κ2) is 14.9. The fraction of sp³-hybridized carbons (Fsp3) is 0.700. The average molecular weight is 505 g/mol. The van der Waals surface area contributed by atoms with Crippen molar-refractivity contribution < 1.29 is 57.2 Å². The highest BCUT2D eigenvalue weighted by Gasteiger charge is 2.52. The number of hydrogen-bond donors (Lipinski definition) is 3. The molecule has 0 aromatic heterocycles. The van der Waals surface area contributed by atoms with Crippen LogP contribution in [0.5, 0.6) is 0 Å². The lowest BCUT2D eigenvalue weighted by atomic mass is 9.98. The number of ether oxygens (including phenoxy) is 6. The van der Waals surface area contributed by atoms with E-state index in [0.29, 0.717) is 0 Å². The third kappa shape index (κ3) is 11.1. The van der Waals surface area contributed by atoms with Gasteiger partial charge in [-0.3, -0.25) is 28.8 Å². The maximum Gasteiger partial charge on any atom is 0.303 e. The molecule has 0 saturated carbocycles. The smallest absolute Gasteiger partial charge is 0.303 e. The third-order valence-electron chi connectivity index (χ3n) is 4.29. The van der Waals surface area contributed by atoms with Crippen LogP contribution >= 0.6 is 0 Å². The molecule has 1 aliphatic heterocycles. The van der Waals surface area contributed by atoms with Gasteiger partial charge in [0.15, 0.2) is 24.6 Å². The molecule has 0 aromatic carbocycles. The zero-order valence-corrected chi connectivity index (χ0v) is 19.9. The highest BCUT2D eigenvalue weighted by Crippen LogP contribution is 2.29. The molecule has 2 amide bonds. The molecule has 1 aliphatic rings. The van der Waals surface area contributed by atoms with E-state index in [-0.39, 0.29) is 26.2 Å². The van der Waals surface area contributed by atoms with Gasteiger partial charge in [0.05, 0.1) is 19.7 Å². The van der Waals surface area contributed by atoms with E-state index in [1.165, 1.54) is 0 Å². The second-order valence-electron chi connectivity index (χ2n) is 7.27. The van der Waals surface area contributed by atoms with E-state index in [4.69, 9.17) is 34.2 Å². The Morgan fingerprint density at radius 2 is 1.34 bits per heavy atom. The Kier molecular flexibility index (Phi) is 12.6. The van der Waals surface area contributed by atoms with Crippen molar-refractivity contribution in [3.63, 3.8) is 0 Å². The first-order valence-corrected chi connectivity index (χ1v) is 10.6. The minimum atomic E-state index is -1.37. The quantitative estimate of drug-likeness (QED) is 0.140. The molecule has 0 aromatic rings. The number of nitrogens with one attached hydrogen (secondary N) is 2. The average Bonchev–Trinajstić information content (AvgIpc) is 2.76. The zero-order valence-electron chi connectivity index (χ0n) is 19.9. The molecule has 0 aliphatic carbocycles. The Morgan fingerprint density at radius 3 is 1.89 bits per heavy atom. The molecule has 0 bridgehead atoms. The van der Waals surface area contributed by atoms with Crippen molar-refractivity contribution in [2.24, 2.45) is 5.73 Å². The number of amides is 2. The van der Waals surface area contributed by atoms with E-state index in [0.717, 1.165) is 27.7 Å². The summed E-state index contributed by atoms with van der Waals surface area (Å²) in [4.78, 5) is 69.4. The van der Waals surface area contributed by atoms with Gasteiger partial charge in [0.1, 0.15) is 12.7 Å². The van der Waals surface area contributed by atoms with E-state index in [1.54, 1.807) is 0 Å². The van der Waals surface area contributed by atoms with Crippen molar-refractivity contribution in [2.45, 2.75) is 58.4 Å². The first-order chi connectivity index (χ1) is 16.4. The normalized spacial score (nSPS) is 23.4. The zero-order chi connectivity index (χ0) is 26.5. The molecule has 4 N–H and O–H groups in total. The number of esters is 4. The fourth-order valence-corrected chi connectivity index (χ4v) is 3.00. The van der Waals surface area contributed by atoms with E-state index >= 15 is 0 Å². The van der Waals surface area contributed by atoms with Crippen LogP contribution in [0.3, 0.4) is 0 Å². The summed E-state index contributed by atoms with van der Waals surface area (Å²) in [5.41, 5.74) is 5.14. The highest BCUT2D eigenvalue weighted by atomic mass is 16.7. The Hall–Kier alpha value is -3.30. The van der Waals surface area contributed by atoms with E-state index in [9.17, 15) is 28.8 Å². The molecule has 0 spiro atoms. The predicted molar refractivity (Wildman–Crippen MR) is 113 cm³/mol. The molecule has 198 valence electrons. The minimum Gasteiger partial charge on any atom is -0.463 e. The first kappa shape index (κ1) is 29.7. The molecule has 15 nitrogen and oxygen atoms in total. The van der Waals surface area contributed by atoms with Gasteiger partial charge >= 0.3 is 23.9 Å². The summed E-state index contributed by atoms with van der Waals surface area (Å²) in [5, 5.41) is 4.77. The van der Waals surface area contributed by atoms with Gasteiger partial charge in [-0.2, -0.15) is 0 Å². The molecule has 1 fully saturated rings.